The fourth-order valence-corrected chi connectivity index (χ4v) is 10.9. The Bertz CT molecular complexity index is 2210. The van der Waals surface area contributed by atoms with Crippen molar-refractivity contribution in [2.45, 2.75) is 25.5 Å². The minimum absolute atomic E-state index is 0.283. The Kier molecular flexibility index (Phi) is 10.8. The van der Waals surface area contributed by atoms with E-state index < -0.39 is 17.8 Å². The fourth-order valence-electron chi connectivity index (χ4n) is 5.92. The second kappa shape index (κ2) is 15.6. The molecule has 2 saturated heterocycles. The first-order valence-electron chi connectivity index (χ1n) is 16.5. The van der Waals surface area contributed by atoms with Crippen LogP contribution < -0.4 is 4.90 Å². The quantitative estimate of drug-likeness (QED) is 0.105. The molecule has 3 aromatic carbocycles. The van der Waals surface area contributed by atoms with Gasteiger partial charge in [-0.3, -0.25) is 24.2 Å². The monoisotopic (exact) mass is 779 g/mol. The molecule has 2 amide bonds. The number of carbonyl (C=O) groups excluding carboxylic acids is 2. The number of hydrogen-bond acceptors (Lipinski definition) is 9. The highest BCUT2D eigenvalue weighted by Crippen LogP contribution is 2.46. The van der Waals surface area contributed by atoms with Crippen LogP contribution in [0.15, 0.2) is 113 Å². The number of rotatable bonds is 11. The number of anilines is 3. The van der Waals surface area contributed by atoms with Gasteiger partial charge in [0.25, 0.3) is 5.91 Å². The number of thioether (sulfide) groups is 2. The van der Waals surface area contributed by atoms with Crippen molar-refractivity contribution in [3.63, 3.8) is 0 Å². The minimum atomic E-state index is -1.14. The van der Waals surface area contributed by atoms with Crippen LogP contribution in [0.25, 0.3) is 21.9 Å². The summed E-state index contributed by atoms with van der Waals surface area (Å²) < 4.78 is 0.414. The zero-order valence-corrected chi connectivity index (χ0v) is 32.3. The molecule has 0 aliphatic carbocycles. The molecule has 52 heavy (non-hydrogen) atoms. The molecular weight excluding hydrogens is 747 g/mol. The lowest BCUT2D eigenvalue weighted by Crippen LogP contribution is -2.34. The molecule has 262 valence electrons. The van der Waals surface area contributed by atoms with Crippen LogP contribution in [-0.4, -0.2) is 55.3 Å². The first kappa shape index (κ1) is 35.9. The lowest BCUT2D eigenvalue weighted by atomic mass is 10.1. The molecule has 1 N–H and O–H groups in total. The number of likely N-dealkylation sites (N-methyl/N-ethyl adjacent to an activating group) is 1. The topological polar surface area (TPSA) is 81.2 Å². The van der Waals surface area contributed by atoms with Gasteiger partial charge in [0.1, 0.15) is 15.8 Å². The number of hydrogen-bond donors (Lipinski definition) is 1. The largest absolute Gasteiger partial charge is 0.480 e. The molecule has 2 fully saturated rings. The second-order valence-electron chi connectivity index (χ2n) is 12.1. The third-order valence-corrected chi connectivity index (χ3v) is 13.7. The Morgan fingerprint density at radius 2 is 1.48 bits per heavy atom. The van der Waals surface area contributed by atoms with Crippen LogP contribution in [0.1, 0.15) is 27.8 Å². The summed E-state index contributed by atoms with van der Waals surface area (Å²) in [5.74, 6) is -1.72. The summed E-state index contributed by atoms with van der Waals surface area (Å²) in [6, 6.07) is 35.8. The number of aryl methyl sites for hydroxylation is 1. The number of carboxylic acid groups (broad SMARTS) is 1. The van der Waals surface area contributed by atoms with Crippen molar-refractivity contribution in [2.75, 3.05) is 18.0 Å². The molecule has 5 aromatic rings. The molecule has 7 rings (SSSR count). The molecule has 0 saturated carbocycles. The van der Waals surface area contributed by atoms with Gasteiger partial charge < -0.3 is 10.0 Å². The third-order valence-electron chi connectivity index (χ3n) is 8.51. The Balaban J connectivity index is 1.03. The van der Waals surface area contributed by atoms with Crippen LogP contribution in [0.5, 0.6) is 0 Å². The minimum Gasteiger partial charge on any atom is -0.480 e. The van der Waals surface area contributed by atoms with Gasteiger partial charge >= 0.3 is 5.97 Å². The van der Waals surface area contributed by atoms with Gasteiger partial charge in [0.15, 0.2) is 0 Å². The maximum absolute atomic E-state index is 13.5. The van der Waals surface area contributed by atoms with Crippen LogP contribution in [0.2, 0.25) is 0 Å². The molecule has 4 heterocycles. The van der Waals surface area contributed by atoms with Gasteiger partial charge in [0, 0.05) is 49.5 Å². The summed E-state index contributed by atoms with van der Waals surface area (Å²) in [6.07, 6.45) is 4.68. The van der Waals surface area contributed by atoms with E-state index in [9.17, 15) is 19.5 Å². The Morgan fingerprint density at radius 3 is 2.15 bits per heavy atom. The van der Waals surface area contributed by atoms with E-state index in [1.165, 1.54) is 27.1 Å². The van der Waals surface area contributed by atoms with Crippen molar-refractivity contribution in [1.29, 1.82) is 0 Å². The number of aliphatic carboxylic acids is 1. The average molecular weight is 780 g/mol. The highest BCUT2D eigenvalue weighted by molar-refractivity contribution is 8.27. The summed E-state index contributed by atoms with van der Waals surface area (Å²) in [5.41, 5.74) is 5.60. The number of nitrogens with zero attached hydrogens (tertiary/aromatic N) is 3. The van der Waals surface area contributed by atoms with E-state index in [1.54, 1.807) is 22.7 Å². The van der Waals surface area contributed by atoms with Crippen molar-refractivity contribution in [3.8, 4) is 9.75 Å². The first-order valence-corrected chi connectivity index (χ1v) is 20.3. The van der Waals surface area contributed by atoms with E-state index in [1.807, 2.05) is 19.1 Å². The molecular formula is C40H33N3O4S5. The predicted molar refractivity (Wildman–Crippen MR) is 221 cm³/mol. The third kappa shape index (κ3) is 7.67. The Labute approximate surface area is 324 Å². The molecule has 0 bridgehead atoms. The lowest BCUT2D eigenvalue weighted by molar-refractivity contribution is -0.142. The number of thiocarbonyl (C=S) groups is 1. The van der Waals surface area contributed by atoms with E-state index in [0.717, 1.165) is 53.9 Å². The summed E-state index contributed by atoms with van der Waals surface area (Å²) in [7, 11) is 0. The standard InChI is InChI=1S/C40H33N3O4S5/c1-3-41-38(47)36(52-40(41)48)39-42(24-35(44)45)37(46)34(51-39)23-31-20-22-33(50-31)32-21-19-30(49-32)18-13-26-11-16-29(17-12-26)43(27-7-5-4-6-8-27)28-14-9-25(2)10-15-28/h4-22,34H,3,23-24H2,1-2H3,(H,44,45)/b18-13+,39-36-. The van der Waals surface area contributed by atoms with Gasteiger partial charge in [-0.2, -0.15) is 0 Å². The van der Waals surface area contributed by atoms with E-state index in [4.69, 9.17) is 12.2 Å². The number of carbonyl (C=O) groups is 3. The van der Waals surface area contributed by atoms with Gasteiger partial charge in [0.05, 0.1) is 10.3 Å². The van der Waals surface area contributed by atoms with Crippen molar-refractivity contribution in [3.05, 3.63) is 134 Å². The van der Waals surface area contributed by atoms with E-state index >= 15 is 0 Å². The Hall–Kier alpha value is -4.46. The van der Waals surface area contributed by atoms with E-state index in [2.05, 4.69) is 115 Å². The maximum atomic E-state index is 13.5. The summed E-state index contributed by atoms with van der Waals surface area (Å²) >= 11 is 11.1. The molecule has 1 unspecified atom stereocenters. The molecule has 2 aliphatic rings. The van der Waals surface area contributed by atoms with Crippen molar-refractivity contribution >= 4 is 110 Å². The summed E-state index contributed by atoms with van der Waals surface area (Å²) in [6.45, 7) is 3.84. The van der Waals surface area contributed by atoms with Crippen LogP contribution in [0.4, 0.5) is 17.1 Å². The second-order valence-corrected chi connectivity index (χ2v) is 17.2. The molecule has 0 spiro atoms. The lowest BCUT2D eigenvalue weighted by Gasteiger charge is -2.25. The zero-order chi connectivity index (χ0) is 36.4. The number of carboxylic acids is 1. The molecule has 1 atom stereocenters. The summed E-state index contributed by atoms with van der Waals surface area (Å²) in [5, 5.41) is 9.39. The van der Waals surface area contributed by atoms with Crippen LogP contribution in [-0.2, 0) is 20.8 Å². The van der Waals surface area contributed by atoms with E-state index in [-0.39, 0.29) is 11.8 Å². The normalized spacial score (nSPS) is 17.6. The van der Waals surface area contributed by atoms with Gasteiger partial charge in [-0.1, -0.05) is 89.8 Å². The molecule has 2 aromatic heterocycles. The molecule has 2 aliphatic heterocycles. The van der Waals surface area contributed by atoms with Gasteiger partial charge in [-0.15, -0.1) is 22.7 Å². The highest BCUT2D eigenvalue weighted by atomic mass is 32.2. The maximum Gasteiger partial charge on any atom is 0.323 e. The molecule has 7 nitrogen and oxygen atoms in total. The highest BCUT2D eigenvalue weighted by Gasteiger charge is 2.44. The van der Waals surface area contributed by atoms with Crippen LogP contribution >= 0.6 is 58.4 Å². The van der Waals surface area contributed by atoms with Gasteiger partial charge in [-0.25, -0.2) is 0 Å². The Morgan fingerprint density at radius 1 is 0.827 bits per heavy atom. The van der Waals surface area contributed by atoms with Gasteiger partial charge in [0.2, 0.25) is 5.91 Å². The van der Waals surface area contributed by atoms with Crippen LogP contribution in [0.3, 0.4) is 0 Å². The van der Waals surface area contributed by atoms with Crippen molar-refractivity contribution in [2.24, 2.45) is 0 Å². The smallest absolute Gasteiger partial charge is 0.323 e. The van der Waals surface area contributed by atoms with E-state index in [0.29, 0.717) is 27.2 Å². The summed E-state index contributed by atoms with van der Waals surface area (Å²) in [4.78, 5) is 47.8. The van der Waals surface area contributed by atoms with Gasteiger partial charge in [-0.05, 0) is 86.2 Å². The average Bonchev–Trinajstić information content (AvgIpc) is 3.93. The molecule has 0 radical (unpaired) electrons. The fraction of sp³-hybridized carbons (Fsp3) is 0.150. The number of para-hydroxylation sites is 1. The zero-order valence-electron chi connectivity index (χ0n) is 28.2. The SMILES string of the molecule is CCN1C(=O)/C(=C2/SC(Cc3ccc(-c4ccc(/C=C/c5ccc(N(c6ccccc6)c6ccc(C)cc6)cc5)s4)s3)C(=O)N2CC(=O)O)SC1=S. The predicted octanol–water partition coefficient (Wildman–Crippen LogP) is 10.0. The number of thiophene rings is 2. The number of amides is 2. The van der Waals surface area contributed by atoms with Crippen LogP contribution in [0, 0.1) is 6.92 Å². The van der Waals surface area contributed by atoms with Crippen molar-refractivity contribution < 1.29 is 19.5 Å². The number of benzene rings is 3. The molecule has 12 heteroatoms. The first-order chi connectivity index (χ1) is 25.2. The van der Waals surface area contributed by atoms with Crippen molar-refractivity contribution in [1.82, 2.24) is 9.80 Å².